The van der Waals surface area contributed by atoms with Crippen molar-refractivity contribution in [2.75, 3.05) is 6.61 Å². The minimum atomic E-state index is -0.474. The quantitative estimate of drug-likeness (QED) is 0.710. The van der Waals surface area contributed by atoms with Crippen LogP contribution in [0.2, 0.25) is 0 Å². The number of hydrogen-bond acceptors (Lipinski definition) is 5. The lowest BCUT2D eigenvalue weighted by molar-refractivity contribution is 0.0517. The fraction of sp³-hybridized carbons (Fsp3) is 0.700. The lowest BCUT2D eigenvalue weighted by atomic mass is 10.1. The Kier molecular flexibility index (Phi) is 4.91. The highest BCUT2D eigenvalue weighted by atomic mass is 16.5. The van der Waals surface area contributed by atoms with Gasteiger partial charge in [0.25, 0.3) is 0 Å². The van der Waals surface area contributed by atoms with Gasteiger partial charge in [0, 0.05) is 0 Å². The fourth-order valence-electron chi connectivity index (χ4n) is 1.41. The monoisotopic (exact) mass is 226 g/mol. The molecule has 0 aliphatic heterocycles. The van der Waals surface area contributed by atoms with E-state index in [1.54, 1.807) is 6.92 Å². The number of H-pyrrole nitrogens is 1. The number of esters is 1. The van der Waals surface area contributed by atoms with Gasteiger partial charge >= 0.3 is 5.97 Å². The molecule has 0 radical (unpaired) electrons. The smallest absolute Gasteiger partial charge is 0.360 e. The number of rotatable bonds is 6. The summed E-state index contributed by atoms with van der Waals surface area (Å²) in [5.74, 6) is -0.474. The van der Waals surface area contributed by atoms with Crippen molar-refractivity contribution in [2.45, 2.75) is 39.2 Å². The molecule has 0 aromatic carbocycles. The number of unbranched alkanes of at least 4 members (excludes halogenated alkanes) is 1. The molecular formula is C10H18N4O2. The van der Waals surface area contributed by atoms with Gasteiger partial charge in [-0.25, -0.2) is 4.79 Å². The molecule has 0 amide bonds. The Hall–Kier alpha value is -1.43. The van der Waals surface area contributed by atoms with Gasteiger partial charge in [0.05, 0.1) is 12.6 Å². The van der Waals surface area contributed by atoms with E-state index in [-0.39, 0.29) is 11.7 Å². The maximum absolute atomic E-state index is 11.5. The number of ether oxygens (including phenoxy) is 1. The highest BCUT2D eigenvalue weighted by Crippen LogP contribution is 2.17. The molecule has 16 heavy (non-hydrogen) atoms. The van der Waals surface area contributed by atoms with Gasteiger partial charge < -0.3 is 10.5 Å². The van der Waals surface area contributed by atoms with E-state index in [1.165, 1.54) is 0 Å². The van der Waals surface area contributed by atoms with Crippen molar-refractivity contribution in [3.63, 3.8) is 0 Å². The zero-order valence-electron chi connectivity index (χ0n) is 9.69. The second kappa shape index (κ2) is 6.22. The normalized spacial score (nSPS) is 12.4. The lowest BCUT2D eigenvalue weighted by Gasteiger charge is -2.08. The van der Waals surface area contributed by atoms with Crippen molar-refractivity contribution in [1.82, 2.24) is 15.4 Å². The third-order valence-electron chi connectivity index (χ3n) is 2.26. The molecule has 0 spiro atoms. The second-order valence-electron chi connectivity index (χ2n) is 3.53. The first kappa shape index (κ1) is 12.6. The molecule has 3 N–H and O–H groups in total. The van der Waals surface area contributed by atoms with Crippen molar-refractivity contribution in [3.8, 4) is 0 Å². The van der Waals surface area contributed by atoms with E-state index in [1.807, 2.05) is 0 Å². The Morgan fingerprint density at radius 2 is 2.25 bits per heavy atom. The van der Waals surface area contributed by atoms with Crippen LogP contribution in [-0.4, -0.2) is 28.0 Å². The average molecular weight is 226 g/mol. The summed E-state index contributed by atoms with van der Waals surface area (Å²) < 4.78 is 4.86. The lowest BCUT2D eigenvalue weighted by Crippen LogP contribution is -2.16. The Balaban J connectivity index is 2.72. The fourth-order valence-corrected chi connectivity index (χ4v) is 1.41. The molecule has 0 bridgehead atoms. The van der Waals surface area contributed by atoms with Crippen LogP contribution in [-0.2, 0) is 4.74 Å². The predicted molar refractivity (Wildman–Crippen MR) is 58.8 cm³/mol. The van der Waals surface area contributed by atoms with Crippen LogP contribution in [0.3, 0.4) is 0 Å². The largest absolute Gasteiger partial charge is 0.461 e. The van der Waals surface area contributed by atoms with E-state index in [0.29, 0.717) is 12.3 Å². The topological polar surface area (TPSA) is 93.9 Å². The zero-order valence-corrected chi connectivity index (χ0v) is 9.69. The summed E-state index contributed by atoms with van der Waals surface area (Å²) in [6.45, 7) is 4.14. The summed E-state index contributed by atoms with van der Waals surface area (Å²) in [6, 6.07) is -0.266. The van der Waals surface area contributed by atoms with Crippen LogP contribution < -0.4 is 5.73 Å². The molecule has 1 rings (SSSR count). The van der Waals surface area contributed by atoms with Crippen molar-refractivity contribution >= 4 is 5.97 Å². The van der Waals surface area contributed by atoms with Crippen LogP contribution in [0, 0.1) is 0 Å². The maximum Gasteiger partial charge on any atom is 0.360 e. The Morgan fingerprint density at radius 3 is 2.88 bits per heavy atom. The van der Waals surface area contributed by atoms with Crippen molar-refractivity contribution in [1.29, 1.82) is 0 Å². The van der Waals surface area contributed by atoms with E-state index < -0.39 is 5.97 Å². The molecule has 1 aromatic heterocycles. The van der Waals surface area contributed by atoms with Gasteiger partial charge in [0.15, 0.2) is 5.69 Å². The number of aromatic nitrogens is 3. The van der Waals surface area contributed by atoms with Gasteiger partial charge in [-0.3, -0.25) is 0 Å². The number of carbonyl (C=O) groups excluding carboxylic acids is 1. The van der Waals surface area contributed by atoms with E-state index in [0.717, 1.165) is 19.3 Å². The van der Waals surface area contributed by atoms with Crippen LogP contribution in [0.1, 0.15) is 55.3 Å². The van der Waals surface area contributed by atoms with E-state index in [9.17, 15) is 4.79 Å². The van der Waals surface area contributed by atoms with E-state index in [2.05, 4.69) is 22.3 Å². The number of nitrogens with zero attached hydrogens (tertiary/aromatic N) is 2. The van der Waals surface area contributed by atoms with Gasteiger partial charge in [-0.15, -0.1) is 5.10 Å². The number of carbonyl (C=O) groups is 1. The molecule has 0 saturated heterocycles. The molecule has 90 valence electrons. The van der Waals surface area contributed by atoms with Crippen LogP contribution in [0.4, 0.5) is 0 Å². The molecule has 1 heterocycles. The molecule has 6 nitrogen and oxygen atoms in total. The number of aromatic amines is 1. The van der Waals surface area contributed by atoms with Crippen LogP contribution >= 0.6 is 0 Å². The van der Waals surface area contributed by atoms with Gasteiger partial charge in [0.2, 0.25) is 0 Å². The highest BCUT2D eigenvalue weighted by Gasteiger charge is 2.21. The average Bonchev–Trinajstić information content (AvgIpc) is 2.75. The minimum Gasteiger partial charge on any atom is -0.461 e. The molecule has 6 heteroatoms. The number of nitrogens with one attached hydrogen (secondary N) is 1. The van der Waals surface area contributed by atoms with E-state index >= 15 is 0 Å². The highest BCUT2D eigenvalue weighted by molar-refractivity contribution is 5.88. The molecule has 0 aliphatic carbocycles. The van der Waals surface area contributed by atoms with Crippen molar-refractivity contribution in [3.05, 3.63) is 11.4 Å². The summed E-state index contributed by atoms with van der Waals surface area (Å²) in [6.07, 6.45) is 2.84. The SMILES string of the molecule is CCCCC(N)c1n[nH]nc1C(=O)OCC. The summed E-state index contributed by atoms with van der Waals surface area (Å²) in [5, 5.41) is 10.1. The van der Waals surface area contributed by atoms with Crippen LogP contribution in [0.15, 0.2) is 0 Å². The molecular weight excluding hydrogens is 208 g/mol. The summed E-state index contributed by atoms with van der Waals surface area (Å²) in [5.41, 5.74) is 6.62. The first-order valence-electron chi connectivity index (χ1n) is 5.54. The molecule has 1 atom stereocenters. The van der Waals surface area contributed by atoms with Gasteiger partial charge in [0.1, 0.15) is 5.69 Å². The van der Waals surface area contributed by atoms with E-state index in [4.69, 9.17) is 10.5 Å². The first-order chi connectivity index (χ1) is 7.70. The van der Waals surface area contributed by atoms with Gasteiger partial charge in [-0.1, -0.05) is 19.8 Å². The van der Waals surface area contributed by atoms with Gasteiger partial charge in [-0.05, 0) is 13.3 Å². The third kappa shape index (κ3) is 3.03. The molecule has 1 unspecified atom stereocenters. The number of nitrogens with two attached hydrogens (primary N) is 1. The molecule has 0 fully saturated rings. The first-order valence-corrected chi connectivity index (χ1v) is 5.54. The molecule has 0 aliphatic rings. The minimum absolute atomic E-state index is 0.199. The Bertz CT molecular complexity index is 337. The van der Waals surface area contributed by atoms with Gasteiger partial charge in [-0.2, -0.15) is 10.3 Å². The second-order valence-corrected chi connectivity index (χ2v) is 3.53. The van der Waals surface area contributed by atoms with Crippen molar-refractivity contribution < 1.29 is 9.53 Å². The summed E-state index contributed by atoms with van der Waals surface area (Å²) in [7, 11) is 0. The van der Waals surface area contributed by atoms with Crippen LogP contribution in [0.25, 0.3) is 0 Å². The Labute approximate surface area is 94.6 Å². The number of hydrogen-bond donors (Lipinski definition) is 2. The predicted octanol–water partition coefficient (Wildman–Crippen LogP) is 1.17. The summed E-state index contributed by atoms with van der Waals surface area (Å²) >= 11 is 0. The molecule has 1 aromatic rings. The van der Waals surface area contributed by atoms with Crippen LogP contribution in [0.5, 0.6) is 0 Å². The Morgan fingerprint density at radius 1 is 1.50 bits per heavy atom. The molecule has 0 saturated carbocycles. The maximum atomic E-state index is 11.5. The van der Waals surface area contributed by atoms with Crippen molar-refractivity contribution in [2.24, 2.45) is 5.73 Å². The zero-order chi connectivity index (χ0) is 12.0. The standard InChI is InChI=1S/C10H18N4O2/c1-3-5-6-7(11)8-9(13-14-12-8)10(15)16-4-2/h7H,3-6,11H2,1-2H3,(H,12,13,14). The summed E-state index contributed by atoms with van der Waals surface area (Å²) in [4.78, 5) is 11.5. The third-order valence-corrected chi connectivity index (χ3v) is 2.26.